The molecule has 0 fully saturated rings. The number of carbonyl (C=O) groups is 1. The molecule has 1 aromatic heterocycles. The van der Waals surface area contributed by atoms with E-state index in [4.69, 9.17) is 9.47 Å². The molecule has 0 aliphatic rings. The van der Waals surface area contributed by atoms with Gasteiger partial charge < -0.3 is 14.8 Å². The first-order valence-corrected chi connectivity index (χ1v) is 8.98. The minimum absolute atomic E-state index is 0.116. The largest absolute Gasteiger partial charge is 0.490 e. The Balaban J connectivity index is 1.66. The molecule has 27 heavy (non-hydrogen) atoms. The van der Waals surface area contributed by atoms with Crippen LogP contribution in [0.15, 0.2) is 60.9 Å². The van der Waals surface area contributed by atoms with Gasteiger partial charge in [0, 0.05) is 18.0 Å². The quantitative estimate of drug-likeness (QED) is 0.658. The zero-order chi connectivity index (χ0) is 19.1. The topological polar surface area (TPSA) is 65.4 Å². The Hall–Kier alpha value is -3.28. The molecule has 3 rings (SSSR count). The van der Waals surface area contributed by atoms with Crippen molar-refractivity contribution in [3.8, 4) is 17.2 Å². The Morgan fingerprint density at radius 2 is 1.78 bits per heavy atom. The molecule has 1 heterocycles. The number of hydrogen-bond acceptors (Lipinski definition) is 4. The van der Waals surface area contributed by atoms with Crippen LogP contribution in [0.3, 0.4) is 0 Å². The Kier molecular flexibility index (Phi) is 6.10. The molecule has 2 aromatic carbocycles. The van der Waals surface area contributed by atoms with Crippen LogP contribution in [0, 0.1) is 0 Å². The van der Waals surface area contributed by atoms with Crippen LogP contribution < -0.4 is 14.8 Å². The van der Waals surface area contributed by atoms with Crippen LogP contribution in [0.2, 0.25) is 0 Å². The van der Waals surface area contributed by atoms with E-state index in [-0.39, 0.29) is 12.3 Å². The van der Waals surface area contributed by atoms with Crippen LogP contribution >= 0.6 is 0 Å². The van der Waals surface area contributed by atoms with Crippen molar-refractivity contribution >= 4 is 11.6 Å². The first kappa shape index (κ1) is 18.5. The van der Waals surface area contributed by atoms with Crippen molar-refractivity contribution in [2.45, 2.75) is 20.3 Å². The van der Waals surface area contributed by atoms with E-state index in [0.29, 0.717) is 30.4 Å². The third-order valence-corrected chi connectivity index (χ3v) is 3.85. The molecule has 140 valence electrons. The van der Waals surface area contributed by atoms with E-state index in [0.717, 1.165) is 11.3 Å². The highest BCUT2D eigenvalue weighted by atomic mass is 16.5. The highest BCUT2D eigenvalue weighted by molar-refractivity contribution is 5.92. The molecule has 0 spiro atoms. The summed E-state index contributed by atoms with van der Waals surface area (Å²) in [7, 11) is 0. The molecule has 0 saturated carbocycles. The fraction of sp³-hybridized carbons (Fsp3) is 0.238. The van der Waals surface area contributed by atoms with E-state index in [1.807, 2.05) is 50.4 Å². The zero-order valence-electron chi connectivity index (χ0n) is 15.5. The molecule has 6 nitrogen and oxygen atoms in total. The SMILES string of the molecule is CCOc1ccc(NC(=O)Cc2cnn(-c3ccccc3)c2)cc1OCC. The van der Waals surface area contributed by atoms with Gasteiger partial charge in [-0.05, 0) is 43.7 Å². The van der Waals surface area contributed by atoms with Crippen LogP contribution in [0.4, 0.5) is 5.69 Å². The summed E-state index contributed by atoms with van der Waals surface area (Å²) < 4.78 is 12.9. The summed E-state index contributed by atoms with van der Waals surface area (Å²) in [5, 5.41) is 7.21. The molecule has 0 atom stereocenters. The monoisotopic (exact) mass is 365 g/mol. The maximum atomic E-state index is 12.4. The van der Waals surface area contributed by atoms with Gasteiger partial charge in [-0.25, -0.2) is 4.68 Å². The molecule has 0 saturated heterocycles. The Labute approximate surface area is 158 Å². The van der Waals surface area contributed by atoms with Crippen LogP contribution in [0.25, 0.3) is 5.69 Å². The second-order valence-electron chi connectivity index (χ2n) is 5.88. The maximum absolute atomic E-state index is 12.4. The Morgan fingerprint density at radius 1 is 1.04 bits per heavy atom. The van der Waals surface area contributed by atoms with E-state index in [1.54, 1.807) is 29.1 Å². The number of ether oxygens (including phenoxy) is 2. The maximum Gasteiger partial charge on any atom is 0.228 e. The summed E-state index contributed by atoms with van der Waals surface area (Å²) in [5.74, 6) is 1.17. The summed E-state index contributed by atoms with van der Waals surface area (Å²) in [6.45, 7) is 4.90. The van der Waals surface area contributed by atoms with Crippen LogP contribution in [0.5, 0.6) is 11.5 Å². The van der Waals surface area contributed by atoms with Gasteiger partial charge in [0.05, 0.1) is 31.5 Å². The number of hydrogen-bond donors (Lipinski definition) is 1. The number of aromatic nitrogens is 2. The lowest BCUT2D eigenvalue weighted by Gasteiger charge is -2.13. The van der Waals surface area contributed by atoms with Crippen molar-refractivity contribution in [2.75, 3.05) is 18.5 Å². The van der Waals surface area contributed by atoms with Crippen LogP contribution in [-0.4, -0.2) is 28.9 Å². The summed E-state index contributed by atoms with van der Waals surface area (Å²) in [6, 6.07) is 15.2. The van der Waals surface area contributed by atoms with Gasteiger partial charge >= 0.3 is 0 Å². The summed E-state index contributed by atoms with van der Waals surface area (Å²) in [5.41, 5.74) is 2.46. The normalized spacial score (nSPS) is 10.4. The Bertz CT molecular complexity index is 891. The molecular formula is C21H23N3O3. The number of para-hydroxylation sites is 1. The average molecular weight is 365 g/mol. The highest BCUT2D eigenvalue weighted by Crippen LogP contribution is 2.30. The van der Waals surface area contributed by atoms with Crippen LogP contribution in [0.1, 0.15) is 19.4 Å². The van der Waals surface area contributed by atoms with E-state index >= 15 is 0 Å². The molecule has 6 heteroatoms. The molecular weight excluding hydrogens is 342 g/mol. The van der Waals surface area contributed by atoms with Gasteiger partial charge in [-0.1, -0.05) is 18.2 Å². The third kappa shape index (κ3) is 4.88. The second kappa shape index (κ2) is 8.89. The highest BCUT2D eigenvalue weighted by Gasteiger charge is 2.10. The second-order valence-corrected chi connectivity index (χ2v) is 5.88. The smallest absolute Gasteiger partial charge is 0.228 e. The fourth-order valence-electron chi connectivity index (χ4n) is 2.69. The van der Waals surface area contributed by atoms with E-state index in [2.05, 4.69) is 10.4 Å². The van der Waals surface area contributed by atoms with Gasteiger partial charge in [0.2, 0.25) is 5.91 Å². The van der Waals surface area contributed by atoms with Gasteiger partial charge in [-0.2, -0.15) is 5.10 Å². The van der Waals surface area contributed by atoms with Crippen molar-refractivity contribution in [3.63, 3.8) is 0 Å². The Morgan fingerprint density at radius 3 is 2.52 bits per heavy atom. The number of rotatable bonds is 8. The number of benzene rings is 2. The molecule has 0 radical (unpaired) electrons. The molecule has 0 aliphatic heterocycles. The summed E-state index contributed by atoms with van der Waals surface area (Å²) in [4.78, 5) is 12.4. The van der Waals surface area contributed by atoms with Gasteiger partial charge in [0.25, 0.3) is 0 Å². The summed E-state index contributed by atoms with van der Waals surface area (Å²) in [6.07, 6.45) is 3.80. The van der Waals surface area contributed by atoms with Gasteiger partial charge in [-0.15, -0.1) is 0 Å². The van der Waals surface area contributed by atoms with Crippen molar-refractivity contribution in [1.29, 1.82) is 0 Å². The lowest BCUT2D eigenvalue weighted by Crippen LogP contribution is -2.14. The predicted octanol–water partition coefficient (Wildman–Crippen LogP) is 3.85. The number of nitrogens with one attached hydrogen (secondary N) is 1. The fourth-order valence-corrected chi connectivity index (χ4v) is 2.69. The number of carbonyl (C=O) groups excluding carboxylic acids is 1. The predicted molar refractivity (Wildman–Crippen MR) is 105 cm³/mol. The molecule has 0 bridgehead atoms. The minimum atomic E-state index is -0.116. The lowest BCUT2D eigenvalue weighted by molar-refractivity contribution is -0.115. The average Bonchev–Trinajstić information content (AvgIpc) is 3.13. The first-order chi connectivity index (χ1) is 13.2. The number of amides is 1. The van der Waals surface area contributed by atoms with Gasteiger partial charge in [-0.3, -0.25) is 4.79 Å². The minimum Gasteiger partial charge on any atom is -0.490 e. The van der Waals surface area contributed by atoms with Gasteiger partial charge in [0.15, 0.2) is 11.5 Å². The molecule has 0 unspecified atom stereocenters. The standard InChI is InChI=1S/C21H23N3O3/c1-3-26-19-11-10-17(13-20(19)27-4-2)23-21(25)12-16-14-22-24(15-16)18-8-6-5-7-9-18/h5-11,13-15H,3-4,12H2,1-2H3,(H,23,25). The third-order valence-electron chi connectivity index (χ3n) is 3.85. The number of anilines is 1. The van der Waals surface area contributed by atoms with Crippen LogP contribution in [-0.2, 0) is 11.2 Å². The van der Waals surface area contributed by atoms with E-state index < -0.39 is 0 Å². The summed E-state index contributed by atoms with van der Waals surface area (Å²) >= 11 is 0. The number of nitrogens with zero attached hydrogens (tertiary/aromatic N) is 2. The van der Waals surface area contributed by atoms with Crippen molar-refractivity contribution < 1.29 is 14.3 Å². The van der Waals surface area contributed by atoms with Gasteiger partial charge in [0.1, 0.15) is 0 Å². The zero-order valence-corrected chi connectivity index (χ0v) is 15.5. The molecule has 1 N–H and O–H groups in total. The molecule has 3 aromatic rings. The molecule has 1 amide bonds. The van der Waals surface area contributed by atoms with E-state index in [1.165, 1.54) is 0 Å². The lowest BCUT2D eigenvalue weighted by atomic mass is 10.2. The molecule has 0 aliphatic carbocycles. The van der Waals surface area contributed by atoms with Crippen molar-refractivity contribution in [1.82, 2.24) is 9.78 Å². The van der Waals surface area contributed by atoms with E-state index in [9.17, 15) is 4.79 Å². The van der Waals surface area contributed by atoms with Crippen molar-refractivity contribution in [2.24, 2.45) is 0 Å². The first-order valence-electron chi connectivity index (χ1n) is 8.98. The van der Waals surface area contributed by atoms with Crippen molar-refractivity contribution in [3.05, 3.63) is 66.5 Å².